The third-order valence-electron chi connectivity index (χ3n) is 11.2. The predicted octanol–water partition coefficient (Wildman–Crippen LogP) is 9.19. The van der Waals surface area contributed by atoms with Gasteiger partial charge in [0.1, 0.15) is 6.10 Å². The lowest BCUT2D eigenvalue weighted by Gasteiger charge is -2.58. The maximum Gasteiger partial charge on any atom is 0.333 e. The normalized spacial score (nSPS) is 39.6. The predicted molar refractivity (Wildman–Crippen MR) is 142 cm³/mol. The summed E-state index contributed by atoms with van der Waals surface area (Å²) in [6.45, 7) is 11.3. The molecule has 0 saturated heterocycles. The molecular weight excluding hydrogens is 416 g/mol. The molecule has 0 aliphatic heterocycles. The summed E-state index contributed by atoms with van der Waals surface area (Å²) in [4.78, 5) is 12.3. The van der Waals surface area contributed by atoms with Crippen molar-refractivity contribution in [1.29, 1.82) is 0 Å². The van der Waals surface area contributed by atoms with E-state index in [-0.39, 0.29) is 12.1 Å². The van der Waals surface area contributed by atoms with Crippen molar-refractivity contribution in [2.24, 2.45) is 34.5 Å². The molecule has 34 heavy (non-hydrogen) atoms. The first-order valence-corrected chi connectivity index (χ1v) is 14.9. The summed E-state index contributed by atoms with van der Waals surface area (Å²) in [7, 11) is 0. The van der Waals surface area contributed by atoms with Crippen LogP contribution in [0, 0.1) is 34.5 Å². The number of carbonyl (C=O) groups excluding carboxylic acids is 1. The van der Waals surface area contributed by atoms with Crippen LogP contribution in [0.4, 0.5) is 0 Å². The van der Waals surface area contributed by atoms with Gasteiger partial charge in [-0.05, 0) is 99.7 Å². The molecule has 0 aromatic carbocycles. The molecule has 3 saturated carbocycles. The quantitative estimate of drug-likeness (QED) is 0.146. The standard InChI is InChI=1S/C32H52O2/c1-6-8-9-10-11-12-13-24-15-17-28-27-16-14-25-22-26(34-30(33)23(3)7-2)18-20-32(25,5)29(27)19-21-31(24,28)4/h7,14,24,26-29H,6,8-13,15-22H2,1-5H3/b23-7+. The van der Waals surface area contributed by atoms with Crippen LogP contribution in [0.5, 0.6) is 0 Å². The van der Waals surface area contributed by atoms with Crippen molar-refractivity contribution in [3.05, 3.63) is 23.3 Å². The number of unbranched alkanes of at least 4 members (excludes halogenated alkanes) is 5. The van der Waals surface area contributed by atoms with Crippen LogP contribution >= 0.6 is 0 Å². The summed E-state index contributed by atoms with van der Waals surface area (Å²) in [5.74, 6) is 3.49. The second-order valence-electron chi connectivity index (χ2n) is 12.9. The number of ether oxygens (including phenoxy) is 1. The van der Waals surface area contributed by atoms with Gasteiger partial charge in [-0.1, -0.05) is 77.0 Å². The van der Waals surface area contributed by atoms with Gasteiger partial charge in [0.15, 0.2) is 0 Å². The Morgan fingerprint density at radius 2 is 1.79 bits per heavy atom. The number of allylic oxidation sites excluding steroid dienone is 2. The Kier molecular flexibility index (Phi) is 8.36. The average Bonchev–Trinajstić information content (AvgIpc) is 3.17. The van der Waals surface area contributed by atoms with Gasteiger partial charge in [0.2, 0.25) is 0 Å². The summed E-state index contributed by atoms with van der Waals surface area (Å²) in [5, 5.41) is 0. The van der Waals surface area contributed by atoms with Crippen LogP contribution in [0.2, 0.25) is 0 Å². The molecule has 0 amide bonds. The maximum absolute atomic E-state index is 12.3. The van der Waals surface area contributed by atoms with E-state index < -0.39 is 0 Å². The molecule has 0 heterocycles. The topological polar surface area (TPSA) is 26.3 Å². The first kappa shape index (κ1) is 26.0. The number of rotatable bonds is 9. The van der Waals surface area contributed by atoms with E-state index in [4.69, 9.17) is 4.74 Å². The molecule has 2 heteroatoms. The lowest BCUT2D eigenvalue weighted by atomic mass is 9.47. The highest BCUT2D eigenvalue weighted by atomic mass is 16.5. The molecule has 7 atom stereocenters. The number of carbonyl (C=O) groups is 1. The van der Waals surface area contributed by atoms with Crippen molar-refractivity contribution < 1.29 is 9.53 Å². The Morgan fingerprint density at radius 1 is 1.03 bits per heavy atom. The van der Waals surface area contributed by atoms with E-state index in [1.165, 1.54) is 83.5 Å². The van der Waals surface area contributed by atoms with Gasteiger partial charge in [-0.2, -0.15) is 0 Å². The zero-order valence-electron chi connectivity index (χ0n) is 23.0. The van der Waals surface area contributed by atoms with Crippen LogP contribution in [0.3, 0.4) is 0 Å². The van der Waals surface area contributed by atoms with Crippen molar-refractivity contribution in [3.63, 3.8) is 0 Å². The van der Waals surface area contributed by atoms with Gasteiger partial charge >= 0.3 is 5.97 Å². The Morgan fingerprint density at radius 3 is 2.56 bits per heavy atom. The Labute approximate surface area is 210 Å². The fraction of sp³-hybridized carbons (Fsp3) is 0.844. The lowest BCUT2D eigenvalue weighted by Crippen LogP contribution is -2.50. The van der Waals surface area contributed by atoms with Crippen molar-refractivity contribution in [1.82, 2.24) is 0 Å². The number of hydrogen-bond acceptors (Lipinski definition) is 2. The van der Waals surface area contributed by atoms with Crippen molar-refractivity contribution in [3.8, 4) is 0 Å². The van der Waals surface area contributed by atoms with Gasteiger partial charge in [-0.25, -0.2) is 4.79 Å². The third-order valence-corrected chi connectivity index (χ3v) is 11.2. The SMILES string of the molecule is C/C=C(\C)C(=O)OC1CCC2(C)C(=CCC3C2CCC2(C)C(CCCCCCCC)CCC32)C1. The summed E-state index contributed by atoms with van der Waals surface area (Å²) < 4.78 is 5.89. The average molecular weight is 469 g/mol. The molecule has 4 aliphatic rings. The molecule has 7 unspecified atom stereocenters. The molecule has 0 aromatic heterocycles. The molecule has 0 radical (unpaired) electrons. The van der Waals surface area contributed by atoms with E-state index in [2.05, 4.69) is 26.8 Å². The van der Waals surface area contributed by atoms with Gasteiger partial charge in [0.25, 0.3) is 0 Å². The number of esters is 1. The molecule has 0 N–H and O–H groups in total. The minimum Gasteiger partial charge on any atom is -0.459 e. The summed E-state index contributed by atoms with van der Waals surface area (Å²) in [6.07, 6.45) is 24.8. The number of hydrogen-bond donors (Lipinski definition) is 0. The summed E-state index contributed by atoms with van der Waals surface area (Å²) in [5.41, 5.74) is 3.26. The minimum atomic E-state index is -0.124. The van der Waals surface area contributed by atoms with E-state index in [1.54, 1.807) is 5.57 Å². The van der Waals surface area contributed by atoms with E-state index in [0.29, 0.717) is 10.8 Å². The van der Waals surface area contributed by atoms with Gasteiger partial charge < -0.3 is 4.74 Å². The number of fused-ring (bicyclic) bond motifs is 5. The van der Waals surface area contributed by atoms with Crippen LogP contribution in [0.15, 0.2) is 23.3 Å². The molecule has 0 bridgehead atoms. The summed E-state index contributed by atoms with van der Waals surface area (Å²) in [6, 6.07) is 0. The van der Waals surface area contributed by atoms with Crippen molar-refractivity contribution in [2.45, 2.75) is 137 Å². The van der Waals surface area contributed by atoms with Crippen molar-refractivity contribution in [2.75, 3.05) is 0 Å². The molecule has 4 rings (SSSR count). The van der Waals surface area contributed by atoms with Gasteiger partial charge in [-0.3, -0.25) is 0 Å². The smallest absolute Gasteiger partial charge is 0.333 e. The molecule has 3 fully saturated rings. The zero-order valence-corrected chi connectivity index (χ0v) is 23.0. The Balaban J connectivity index is 1.38. The second-order valence-corrected chi connectivity index (χ2v) is 12.9. The highest BCUT2D eigenvalue weighted by Crippen LogP contribution is 2.66. The van der Waals surface area contributed by atoms with Crippen molar-refractivity contribution >= 4 is 5.97 Å². The van der Waals surface area contributed by atoms with Crippen LogP contribution in [-0.2, 0) is 9.53 Å². The van der Waals surface area contributed by atoms with Crippen LogP contribution < -0.4 is 0 Å². The summed E-state index contributed by atoms with van der Waals surface area (Å²) >= 11 is 0. The Hall–Kier alpha value is -1.05. The van der Waals surface area contributed by atoms with Gasteiger partial charge in [0.05, 0.1) is 0 Å². The van der Waals surface area contributed by atoms with Crippen LogP contribution in [-0.4, -0.2) is 12.1 Å². The van der Waals surface area contributed by atoms with Gasteiger partial charge in [0, 0.05) is 12.0 Å². The minimum absolute atomic E-state index is 0.0697. The van der Waals surface area contributed by atoms with E-state index in [9.17, 15) is 4.79 Å². The maximum atomic E-state index is 12.3. The third kappa shape index (κ3) is 4.94. The fourth-order valence-corrected chi connectivity index (χ4v) is 8.84. The first-order chi connectivity index (χ1) is 16.3. The molecule has 0 aromatic rings. The highest BCUT2D eigenvalue weighted by molar-refractivity contribution is 5.87. The molecule has 4 aliphatic carbocycles. The van der Waals surface area contributed by atoms with E-state index >= 15 is 0 Å². The molecule has 192 valence electrons. The highest BCUT2D eigenvalue weighted by Gasteiger charge is 2.58. The molecule has 0 spiro atoms. The van der Waals surface area contributed by atoms with E-state index in [1.807, 2.05) is 19.9 Å². The molecule has 2 nitrogen and oxygen atoms in total. The van der Waals surface area contributed by atoms with Crippen LogP contribution in [0.25, 0.3) is 0 Å². The lowest BCUT2D eigenvalue weighted by molar-refractivity contribution is -0.146. The van der Waals surface area contributed by atoms with Gasteiger partial charge in [-0.15, -0.1) is 0 Å². The fourth-order valence-electron chi connectivity index (χ4n) is 8.84. The largest absolute Gasteiger partial charge is 0.459 e. The monoisotopic (exact) mass is 468 g/mol. The first-order valence-electron chi connectivity index (χ1n) is 14.9. The molecular formula is C32H52O2. The van der Waals surface area contributed by atoms with E-state index in [0.717, 1.165) is 42.1 Å². The van der Waals surface area contributed by atoms with Crippen LogP contribution in [0.1, 0.15) is 131 Å². The second kappa shape index (κ2) is 10.9. The Bertz CT molecular complexity index is 778. The zero-order chi connectivity index (χ0) is 24.3.